The van der Waals surface area contributed by atoms with Crippen molar-refractivity contribution < 1.29 is 18.8 Å². The van der Waals surface area contributed by atoms with Gasteiger partial charge in [-0.15, -0.1) is 10.2 Å². The quantitative estimate of drug-likeness (QED) is 0.507. The molecule has 3 amide bonds. The van der Waals surface area contributed by atoms with E-state index in [-0.39, 0.29) is 34.9 Å². The van der Waals surface area contributed by atoms with E-state index >= 15 is 0 Å². The molecule has 0 radical (unpaired) electrons. The summed E-state index contributed by atoms with van der Waals surface area (Å²) in [5, 5.41) is 14.4. The Bertz CT molecular complexity index is 976. The largest absolute Gasteiger partial charge is 0.415 e. The predicted octanol–water partition coefficient (Wildman–Crippen LogP) is 4.33. The van der Waals surface area contributed by atoms with Crippen LogP contribution in [0.5, 0.6) is 0 Å². The van der Waals surface area contributed by atoms with Gasteiger partial charge in [0.2, 0.25) is 17.7 Å². The highest BCUT2D eigenvalue weighted by Gasteiger charge is 2.35. The smallest absolute Gasteiger partial charge is 0.276 e. The summed E-state index contributed by atoms with van der Waals surface area (Å²) in [5.41, 5.74) is 0.548. The van der Waals surface area contributed by atoms with Crippen molar-refractivity contribution in [3.63, 3.8) is 0 Å². The maximum Gasteiger partial charge on any atom is 0.276 e. The van der Waals surface area contributed by atoms with Gasteiger partial charge in [0.1, 0.15) is 5.92 Å². The fourth-order valence-corrected chi connectivity index (χ4v) is 4.79. The van der Waals surface area contributed by atoms with E-state index in [0.29, 0.717) is 30.0 Å². The van der Waals surface area contributed by atoms with Gasteiger partial charge in [-0.2, -0.15) is 0 Å². The van der Waals surface area contributed by atoms with Crippen LogP contribution in [0.2, 0.25) is 0 Å². The van der Waals surface area contributed by atoms with E-state index in [9.17, 15) is 14.4 Å². The van der Waals surface area contributed by atoms with Crippen molar-refractivity contribution >= 4 is 29.5 Å². The molecule has 1 fully saturated rings. The van der Waals surface area contributed by atoms with E-state index in [2.05, 4.69) is 20.8 Å². The Morgan fingerprint density at radius 2 is 1.76 bits per heavy atom. The third kappa shape index (κ3) is 7.16. The number of thioether (sulfide) groups is 1. The minimum Gasteiger partial charge on any atom is -0.415 e. The van der Waals surface area contributed by atoms with Crippen LogP contribution in [0.1, 0.15) is 82.0 Å². The number of hydrogen-bond acceptors (Lipinski definition) is 7. The van der Waals surface area contributed by atoms with E-state index in [1.165, 1.54) is 11.8 Å². The Labute approximate surface area is 205 Å². The molecule has 1 saturated carbocycles. The molecule has 184 valence electrons. The zero-order valence-corrected chi connectivity index (χ0v) is 21.1. The monoisotopic (exact) mass is 486 g/mol. The van der Waals surface area contributed by atoms with Crippen LogP contribution in [0.25, 0.3) is 0 Å². The molecule has 2 N–H and O–H groups in total. The van der Waals surface area contributed by atoms with Crippen molar-refractivity contribution in [3.8, 4) is 0 Å². The molecular formula is C25H34N4O4S. The van der Waals surface area contributed by atoms with Crippen molar-refractivity contribution in [3.05, 3.63) is 41.8 Å². The molecule has 0 bridgehead atoms. The number of aromatic nitrogens is 2. The van der Waals surface area contributed by atoms with Crippen LogP contribution in [-0.4, -0.2) is 39.2 Å². The molecule has 2 aromatic rings. The van der Waals surface area contributed by atoms with Crippen LogP contribution < -0.4 is 10.6 Å². The minimum absolute atomic E-state index is 0.187. The summed E-state index contributed by atoms with van der Waals surface area (Å²) in [4.78, 5) is 39.0. The van der Waals surface area contributed by atoms with Gasteiger partial charge >= 0.3 is 0 Å². The molecule has 8 nitrogen and oxygen atoms in total. The summed E-state index contributed by atoms with van der Waals surface area (Å²) >= 11 is 1.43. The Morgan fingerprint density at radius 3 is 2.44 bits per heavy atom. The Morgan fingerprint density at radius 1 is 1.06 bits per heavy atom. The first-order valence-corrected chi connectivity index (χ1v) is 12.8. The Kier molecular flexibility index (Phi) is 9.27. The van der Waals surface area contributed by atoms with E-state index in [4.69, 9.17) is 4.42 Å². The fourth-order valence-electron chi connectivity index (χ4n) is 4.16. The third-order valence-electron chi connectivity index (χ3n) is 5.78. The van der Waals surface area contributed by atoms with Crippen molar-refractivity contribution in [1.29, 1.82) is 0 Å². The molecule has 3 rings (SSSR count). The molecule has 0 aliphatic heterocycles. The normalized spacial score (nSPS) is 19.1. The molecular weight excluding hydrogens is 452 g/mol. The van der Waals surface area contributed by atoms with Gasteiger partial charge < -0.3 is 9.73 Å². The predicted molar refractivity (Wildman–Crippen MR) is 130 cm³/mol. The maximum absolute atomic E-state index is 13.2. The van der Waals surface area contributed by atoms with Crippen molar-refractivity contribution in [1.82, 2.24) is 20.8 Å². The van der Waals surface area contributed by atoms with Crippen LogP contribution in [0.4, 0.5) is 0 Å². The van der Waals surface area contributed by atoms with Crippen LogP contribution in [0, 0.1) is 11.8 Å². The molecule has 0 unspecified atom stereocenters. The summed E-state index contributed by atoms with van der Waals surface area (Å²) in [5.74, 6) is -1.80. The minimum atomic E-state index is -0.709. The molecule has 0 saturated heterocycles. The average molecular weight is 487 g/mol. The second-order valence-electron chi connectivity index (χ2n) is 9.45. The van der Waals surface area contributed by atoms with Gasteiger partial charge in [-0.05, 0) is 37.3 Å². The van der Waals surface area contributed by atoms with E-state index in [0.717, 1.165) is 12.8 Å². The Hall–Kier alpha value is -2.68. The van der Waals surface area contributed by atoms with Crippen LogP contribution in [-0.2, 0) is 9.59 Å². The third-order valence-corrected chi connectivity index (χ3v) is 6.62. The molecule has 34 heavy (non-hydrogen) atoms. The standard InChI is InChI=1S/C25H34N4O4S/c1-15(2)14-19(24-28-29-25(33-24)34-16(3)4)23(32)27-22(31)18-12-8-9-13-20(18)26-21(30)17-10-6-5-7-11-17/h5-7,10-11,15-16,18-20H,8-9,12-14H2,1-4H3,(H,26,30)(H,27,31,32)/t18-,19-,20+/m1/s1. The molecule has 1 aromatic carbocycles. The summed E-state index contributed by atoms with van der Waals surface area (Å²) in [6, 6.07) is 8.61. The highest BCUT2D eigenvalue weighted by Crippen LogP contribution is 2.29. The number of rotatable bonds is 9. The molecule has 1 heterocycles. The van der Waals surface area contributed by atoms with Gasteiger partial charge in [-0.1, -0.05) is 70.5 Å². The Balaban J connectivity index is 1.69. The average Bonchev–Trinajstić information content (AvgIpc) is 3.25. The SMILES string of the molecule is CC(C)C[C@H](C(=O)NC(=O)[C@@H]1CCCC[C@@H]1NC(=O)c1ccccc1)c1nnc(SC(C)C)o1. The molecule has 3 atom stereocenters. The number of carbonyl (C=O) groups is 3. The summed E-state index contributed by atoms with van der Waals surface area (Å²) in [6.45, 7) is 8.03. The summed E-state index contributed by atoms with van der Waals surface area (Å²) < 4.78 is 5.74. The first kappa shape index (κ1) is 25.9. The highest BCUT2D eigenvalue weighted by atomic mass is 32.2. The molecule has 1 aliphatic carbocycles. The topological polar surface area (TPSA) is 114 Å². The van der Waals surface area contributed by atoms with E-state index in [1.807, 2.05) is 33.8 Å². The lowest BCUT2D eigenvalue weighted by atomic mass is 9.83. The number of hydrogen-bond donors (Lipinski definition) is 2. The summed E-state index contributed by atoms with van der Waals surface area (Å²) in [7, 11) is 0. The lowest BCUT2D eigenvalue weighted by molar-refractivity contribution is -0.135. The van der Waals surface area contributed by atoms with Crippen LogP contribution >= 0.6 is 11.8 Å². The molecule has 1 aliphatic rings. The van der Waals surface area contributed by atoms with Crippen molar-refractivity contribution in [2.24, 2.45) is 11.8 Å². The van der Waals surface area contributed by atoms with Gasteiger partial charge in [0.15, 0.2) is 0 Å². The molecule has 0 spiro atoms. The number of carbonyl (C=O) groups excluding carboxylic acids is 3. The second kappa shape index (κ2) is 12.1. The lowest BCUT2D eigenvalue weighted by Gasteiger charge is -2.31. The number of nitrogens with one attached hydrogen (secondary N) is 2. The van der Waals surface area contributed by atoms with Crippen molar-refractivity contribution in [2.75, 3.05) is 0 Å². The van der Waals surface area contributed by atoms with Gasteiger partial charge in [-0.3, -0.25) is 19.7 Å². The van der Waals surface area contributed by atoms with E-state index < -0.39 is 17.7 Å². The molecule has 9 heteroatoms. The summed E-state index contributed by atoms with van der Waals surface area (Å²) in [6.07, 6.45) is 3.58. The van der Waals surface area contributed by atoms with Gasteiger partial charge in [-0.25, -0.2) is 0 Å². The van der Waals surface area contributed by atoms with Crippen molar-refractivity contribution in [2.45, 2.75) is 82.2 Å². The van der Waals surface area contributed by atoms with Gasteiger partial charge in [0.05, 0.1) is 5.92 Å². The lowest BCUT2D eigenvalue weighted by Crippen LogP contribution is -2.50. The number of benzene rings is 1. The number of amides is 3. The first-order valence-electron chi connectivity index (χ1n) is 11.9. The van der Waals surface area contributed by atoms with E-state index in [1.54, 1.807) is 24.3 Å². The number of nitrogens with zero attached hydrogens (tertiary/aromatic N) is 2. The number of imide groups is 1. The fraction of sp³-hybridized carbons (Fsp3) is 0.560. The zero-order valence-electron chi connectivity index (χ0n) is 20.2. The van der Waals surface area contributed by atoms with Crippen LogP contribution in [0.15, 0.2) is 40.0 Å². The van der Waals surface area contributed by atoms with Crippen LogP contribution in [0.3, 0.4) is 0 Å². The maximum atomic E-state index is 13.2. The van der Waals surface area contributed by atoms with Gasteiger partial charge in [0, 0.05) is 16.9 Å². The highest BCUT2D eigenvalue weighted by molar-refractivity contribution is 7.99. The molecule has 1 aromatic heterocycles. The zero-order chi connectivity index (χ0) is 24.7. The first-order chi connectivity index (χ1) is 16.2. The second-order valence-corrected chi connectivity index (χ2v) is 11.0. The van der Waals surface area contributed by atoms with Gasteiger partial charge in [0.25, 0.3) is 11.1 Å².